The second kappa shape index (κ2) is 8.48. The first-order chi connectivity index (χ1) is 15.4. The molecule has 2 saturated heterocycles. The number of carbonyl (C=O) groups excluding carboxylic acids is 1. The zero-order valence-corrected chi connectivity index (χ0v) is 18.8. The van der Waals surface area contributed by atoms with Gasteiger partial charge >= 0.3 is 0 Å². The summed E-state index contributed by atoms with van der Waals surface area (Å²) >= 11 is 0. The third-order valence-corrected chi connectivity index (χ3v) is 6.14. The summed E-state index contributed by atoms with van der Waals surface area (Å²) in [4.78, 5) is 24.3. The summed E-state index contributed by atoms with van der Waals surface area (Å²) in [6.07, 6.45) is 3.52. The summed E-state index contributed by atoms with van der Waals surface area (Å²) in [5, 5.41) is 11.2. The number of likely N-dealkylation sites (tertiary alicyclic amines) is 1. The van der Waals surface area contributed by atoms with E-state index in [0.29, 0.717) is 41.8 Å². The fourth-order valence-electron chi connectivity index (χ4n) is 4.68. The third kappa shape index (κ3) is 4.44. The van der Waals surface area contributed by atoms with Crippen molar-refractivity contribution in [2.75, 3.05) is 25.0 Å². The number of carbonyl (C=O) groups is 1. The minimum atomic E-state index is -0.0811. The van der Waals surface area contributed by atoms with Gasteiger partial charge in [0.25, 0.3) is 0 Å². The van der Waals surface area contributed by atoms with Crippen LogP contribution in [0.25, 0.3) is 17.4 Å². The van der Waals surface area contributed by atoms with Gasteiger partial charge in [-0.15, -0.1) is 0 Å². The van der Waals surface area contributed by atoms with E-state index < -0.39 is 0 Å². The molecule has 9 heteroatoms. The van der Waals surface area contributed by atoms with Crippen LogP contribution in [-0.2, 0) is 4.79 Å². The quantitative estimate of drug-likeness (QED) is 0.635. The van der Waals surface area contributed by atoms with Crippen LogP contribution in [0.15, 0.2) is 28.7 Å². The molecule has 2 aliphatic heterocycles. The maximum atomic E-state index is 12.9. The molecular weight excluding hydrogens is 406 g/mol. The van der Waals surface area contributed by atoms with E-state index in [9.17, 15) is 4.79 Å². The highest BCUT2D eigenvalue weighted by molar-refractivity contribution is 5.91. The summed E-state index contributed by atoms with van der Waals surface area (Å²) in [6.45, 7) is 7.96. The van der Waals surface area contributed by atoms with Crippen LogP contribution in [0, 0.1) is 20.8 Å². The Kier molecular flexibility index (Phi) is 5.52. The number of aromatic nitrogens is 4. The highest BCUT2D eigenvalue weighted by Gasteiger charge is 2.30. The molecule has 5 heterocycles. The van der Waals surface area contributed by atoms with Gasteiger partial charge in [0.15, 0.2) is 17.4 Å². The Labute approximate surface area is 187 Å². The minimum absolute atomic E-state index is 0.0811. The largest absolute Gasteiger partial charge is 0.458 e. The molecule has 0 radical (unpaired) electrons. The fourth-order valence-corrected chi connectivity index (χ4v) is 4.68. The van der Waals surface area contributed by atoms with Gasteiger partial charge in [0.05, 0.1) is 12.2 Å². The molecule has 3 aromatic heterocycles. The van der Waals surface area contributed by atoms with Crippen molar-refractivity contribution in [1.82, 2.24) is 30.0 Å². The monoisotopic (exact) mass is 435 g/mol. The lowest BCUT2D eigenvalue weighted by Crippen LogP contribution is -2.39. The normalized spacial score (nSPS) is 21.0. The molecule has 0 spiro atoms. The van der Waals surface area contributed by atoms with Gasteiger partial charge in [0, 0.05) is 36.9 Å². The van der Waals surface area contributed by atoms with Crippen molar-refractivity contribution in [2.45, 2.75) is 52.1 Å². The van der Waals surface area contributed by atoms with Crippen molar-refractivity contribution >= 4 is 11.7 Å². The number of aryl methyl sites for hydroxylation is 3. The van der Waals surface area contributed by atoms with Crippen molar-refractivity contribution in [1.29, 1.82) is 0 Å². The summed E-state index contributed by atoms with van der Waals surface area (Å²) in [5.74, 6) is 2.68. The molecule has 2 aliphatic rings. The molecule has 2 unspecified atom stereocenters. The summed E-state index contributed by atoms with van der Waals surface area (Å²) in [5.41, 5.74) is 1.85. The Hall–Kier alpha value is -3.04. The Bertz CT molecular complexity index is 1140. The molecule has 32 heavy (non-hydrogen) atoms. The molecule has 168 valence electrons. The first-order valence-electron chi connectivity index (χ1n) is 11.2. The van der Waals surface area contributed by atoms with Crippen LogP contribution in [-0.4, -0.2) is 62.3 Å². The topological polar surface area (TPSA) is 101 Å². The molecule has 0 aromatic carbocycles. The van der Waals surface area contributed by atoms with E-state index in [-0.39, 0.29) is 5.91 Å². The van der Waals surface area contributed by atoms with Gasteiger partial charge in [0.2, 0.25) is 5.91 Å². The van der Waals surface area contributed by atoms with Crippen LogP contribution in [0.1, 0.15) is 36.4 Å². The van der Waals surface area contributed by atoms with Gasteiger partial charge in [-0.1, -0.05) is 0 Å². The van der Waals surface area contributed by atoms with E-state index in [0.717, 1.165) is 36.7 Å². The van der Waals surface area contributed by atoms with Crippen LogP contribution in [0.3, 0.4) is 0 Å². The average molecular weight is 436 g/mol. The van der Waals surface area contributed by atoms with Crippen LogP contribution in [0.2, 0.25) is 0 Å². The lowest BCUT2D eigenvalue weighted by Gasteiger charge is -2.23. The van der Waals surface area contributed by atoms with Crippen molar-refractivity contribution in [3.8, 4) is 17.4 Å². The molecule has 0 saturated carbocycles. The molecule has 2 N–H and O–H groups in total. The van der Waals surface area contributed by atoms with Crippen LogP contribution in [0.5, 0.6) is 0 Å². The van der Waals surface area contributed by atoms with Gasteiger partial charge < -0.3 is 15.1 Å². The van der Waals surface area contributed by atoms with Gasteiger partial charge in [-0.2, -0.15) is 5.10 Å². The van der Waals surface area contributed by atoms with Crippen molar-refractivity contribution < 1.29 is 9.21 Å². The third-order valence-electron chi connectivity index (χ3n) is 6.14. The van der Waals surface area contributed by atoms with Gasteiger partial charge in [-0.25, -0.2) is 14.6 Å². The predicted octanol–water partition coefficient (Wildman–Crippen LogP) is 2.61. The van der Waals surface area contributed by atoms with Crippen LogP contribution < -0.4 is 10.6 Å². The summed E-state index contributed by atoms with van der Waals surface area (Å²) < 4.78 is 7.49. The predicted molar refractivity (Wildman–Crippen MR) is 121 cm³/mol. The number of hydrogen-bond acceptors (Lipinski definition) is 7. The van der Waals surface area contributed by atoms with Crippen molar-refractivity contribution in [3.63, 3.8) is 0 Å². The number of hydrogen-bond donors (Lipinski definition) is 2. The number of fused-ring (bicyclic) bond motifs is 2. The van der Waals surface area contributed by atoms with Crippen LogP contribution in [0.4, 0.5) is 5.82 Å². The molecule has 2 bridgehead atoms. The van der Waals surface area contributed by atoms with Crippen molar-refractivity contribution in [2.24, 2.45) is 0 Å². The maximum Gasteiger partial charge on any atom is 0.239 e. The Balaban J connectivity index is 1.39. The van der Waals surface area contributed by atoms with Gasteiger partial charge in [-0.05, 0) is 58.2 Å². The Morgan fingerprint density at radius 2 is 2.00 bits per heavy atom. The van der Waals surface area contributed by atoms with Gasteiger partial charge in [0.1, 0.15) is 11.6 Å². The highest BCUT2D eigenvalue weighted by atomic mass is 16.3. The number of anilines is 1. The van der Waals surface area contributed by atoms with E-state index in [1.54, 1.807) is 10.7 Å². The molecule has 0 aliphatic carbocycles. The zero-order valence-electron chi connectivity index (χ0n) is 18.8. The first kappa shape index (κ1) is 20.8. The van der Waals surface area contributed by atoms with E-state index in [4.69, 9.17) is 4.42 Å². The molecule has 5 rings (SSSR count). The van der Waals surface area contributed by atoms with E-state index >= 15 is 0 Å². The standard InChI is InChI=1S/C23H29N7O2/c1-14-10-15(2)30(28-14)21-11-20(26-23(27-21)19-7-4-16(3)32-19)25-22(31)13-29-9-8-17-5-6-18(12-29)24-17/h4,7,10-11,17-18,24H,5-6,8-9,12-13H2,1-3H3,(H,25,26,27,31). The minimum Gasteiger partial charge on any atom is -0.458 e. The van der Waals surface area contributed by atoms with Crippen molar-refractivity contribution in [3.05, 3.63) is 41.4 Å². The fraction of sp³-hybridized carbons (Fsp3) is 0.478. The SMILES string of the molecule is Cc1cc(C)n(-c2cc(NC(=O)CN3CCC4CCC(C3)N4)nc(-c3ccc(C)o3)n2)n1. The van der Waals surface area contributed by atoms with Crippen LogP contribution >= 0.6 is 0 Å². The van der Waals surface area contributed by atoms with E-state index in [1.807, 2.05) is 39.0 Å². The molecule has 2 fully saturated rings. The number of amides is 1. The average Bonchev–Trinajstić information content (AvgIpc) is 3.42. The number of rotatable bonds is 5. The zero-order chi connectivity index (χ0) is 22.2. The molecule has 9 nitrogen and oxygen atoms in total. The summed E-state index contributed by atoms with van der Waals surface area (Å²) in [6, 6.07) is 8.52. The Morgan fingerprint density at radius 1 is 1.16 bits per heavy atom. The first-order valence-corrected chi connectivity index (χ1v) is 11.2. The highest BCUT2D eigenvalue weighted by Crippen LogP contribution is 2.23. The second-order valence-corrected chi connectivity index (χ2v) is 8.89. The maximum absolute atomic E-state index is 12.9. The molecule has 1 amide bonds. The molecular formula is C23H29N7O2. The lowest BCUT2D eigenvalue weighted by atomic mass is 10.1. The summed E-state index contributed by atoms with van der Waals surface area (Å²) in [7, 11) is 0. The molecule has 3 aromatic rings. The van der Waals surface area contributed by atoms with E-state index in [2.05, 4.69) is 30.6 Å². The molecule has 2 atom stereocenters. The second-order valence-electron chi connectivity index (χ2n) is 8.89. The Morgan fingerprint density at radius 3 is 2.75 bits per heavy atom. The van der Waals surface area contributed by atoms with E-state index in [1.165, 1.54) is 12.8 Å². The number of nitrogens with one attached hydrogen (secondary N) is 2. The number of furan rings is 1. The number of nitrogens with zero attached hydrogens (tertiary/aromatic N) is 5. The smallest absolute Gasteiger partial charge is 0.239 e. The lowest BCUT2D eigenvalue weighted by molar-refractivity contribution is -0.117. The van der Waals surface area contributed by atoms with Gasteiger partial charge in [-0.3, -0.25) is 9.69 Å².